The Bertz CT molecular complexity index is 968. The summed E-state index contributed by atoms with van der Waals surface area (Å²) < 4.78 is 3.35. The molecule has 5 saturated carbocycles. The molecule has 160 valence electrons. The Labute approximate surface area is 179 Å². The minimum Gasteiger partial charge on any atom is -0.336 e. The molecule has 7 nitrogen and oxygen atoms in total. The van der Waals surface area contributed by atoms with E-state index in [0.717, 1.165) is 60.6 Å². The molecule has 5 fully saturated rings. The van der Waals surface area contributed by atoms with Crippen molar-refractivity contribution in [1.29, 1.82) is 0 Å². The maximum atomic E-state index is 12.9. The standard InChI is InChI=1S/C22H29N5O2S/c28-20(24-22-11-14-8-15(12-22)10-16(9-14)13-22)23-5-6-26-21(29)27(17-3-4-17)19(25-26)18-2-1-7-30-18/h1-2,7,14-17H,3-6,8-13H2,(H2,23,24,28). The van der Waals surface area contributed by atoms with Gasteiger partial charge in [-0.3, -0.25) is 4.57 Å². The summed E-state index contributed by atoms with van der Waals surface area (Å²) in [5.74, 6) is 3.17. The molecule has 4 bridgehead atoms. The summed E-state index contributed by atoms with van der Waals surface area (Å²) in [5.41, 5.74) is -0.0561. The van der Waals surface area contributed by atoms with Crippen LogP contribution >= 0.6 is 11.3 Å². The molecule has 5 aliphatic rings. The average Bonchev–Trinajstić information content (AvgIpc) is 3.25. The van der Waals surface area contributed by atoms with E-state index in [2.05, 4.69) is 15.7 Å². The van der Waals surface area contributed by atoms with Crippen LogP contribution in [0, 0.1) is 17.8 Å². The zero-order chi connectivity index (χ0) is 20.3. The average molecular weight is 428 g/mol. The van der Waals surface area contributed by atoms with E-state index in [1.807, 2.05) is 22.1 Å². The van der Waals surface area contributed by atoms with E-state index in [9.17, 15) is 9.59 Å². The molecule has 0 aromatic carbocycles. The molecule has 0 spiro atoms. The Balaban J connectivity index is 1.10. The second-order valence-corrected chi connectivity index (χ2v) is 10.9. The third-order valence-corrected chi connectivity index (χ3v) is 8.42. The Morgan fingerprint density at radius 1 is 1.17 bits per heavy atom. The van der Waals surface area contributed by atoms with E-state index in [1.54, 1.807) is 11.3 Å². The number of urea groups is 1. The van der Waals surface area contributed by atoms with Crippen molar-refractivity contribution in [3.63, 3.8) is 0 Å². The molecule has 0 aliphatic heterocycles. The van der Waals surface area contributed by atoms with Gasteiger partial charge in [0.05, 0.1) is 11.4 Å². The van der Waals surface area contributed by atoms with Crippen molar-refractivity contribution in [2.45, 2.75) is 69.5 Å². The first-order chi connectivity index (χ1) is 14.6. The molecule has 2 N–H and O–H groups in total. The zero-order valence-electron chi connectivity index (χ0n) is 17.2. The summed E-state index contributed by atoms with van der Waals surface area (Å²) in [6.45, 7) is 0.800. The third-order valence-electron chi connectivity index (χ3n) is 7.55. The summed E-state index contributed by atoms with van der Waals surface area (Å²) in [6.07, 6.45) is 9.59. The van der Waals surface area contributed by atoms with Gasteiger partial charge in [-0.05, 0) is 80.6 Å². The van der Waals surface area contributed by atoms with E-state index in [1.165, 1.54) is 23.9 Å². The second kappa shape index (κ2) is 6.97. The van der Waals surface area contributed by atoms with E-state index >= 15 is 0 Å². The van der Waals surface area contributed by atoms with Gasteiger partial charge in [0, 0.05) is 18.1 Å². The first-order valence-corrected chi connectivity index (χ1v) is 12.3. The highest BCUT2D eigenvalue weighted by Gasteiger charge is 2.51. The molecule has 8 heteroatoms. The van der Waals surface area contributed by atoms with Crippen LogP contribution in [-0.2, 0) is 6.54 Å². The molecule has 7 rings (SSSR count). The van der Waals surface area contributed by atoms with Gasteiger partial charge in [-0.25, -0.2) is 14.3 Å². The number of nitrogens with one attached hydrogen (secondary N) is 2. The Kier molecular flexibility index (Phi) is 4.34. The Hall–Kier alpha value is -2.09. The topological polar surface area (TPSA) is 81.0 Å². The Morgan fingerprint density at radius 3 is 2.47 bits per heavy atom. The smallest absolute Gasteiger partial charge is 0.336 e. The molecule has 0 saturated heterocycles. The minimum absolute atomic E-state index is 0.00949. The summed E-state index contributed by atoms with van der Waals surface area (Å²) in [6, 6.07) is 4.17. The molecule has 5 aliphatic carbocycles. The van der Waals surface area contributed by atoms with Gasteiger partial charge in [-0.15, -0.1) is 16.4 Å². The SMILES string of the molecule is O=C(NCCn1nc(-c2cccs2)n(C2CC2)c1=O)NC12CC3CC(CC(C3)C1)C2. The van der Waals surface area contributed by atoms with Gasteiger partial charge in [0.2, 0.25) is 0 Å². The van der Waals surface area contributed by atoms with Crippen LogP contribution in [0.2, 0.25) is 0 Å². The largest absolute Gasteiger partial charge is 0.346 e. The number of rotatable bonds is 6. The van der Waals surface area contributed by atoms with Crippen LogP contribution in [0.15, 0.2) is 22.3 Å². The van der Waals surface area contributed by atoms with Crippen molar-refractivity contribution in [3.8, 4) is 10.7 Å². The lowest BCUT2D eigenvalue weighted by Crippen LogP contribution is -2.61. The molecule has 0 unspecified atom stereocenters. The van der Waals surface area contributed by atoms with Crippen LogP contribution in [-0.4, -0.2) is 32.5 Å². The number of thiophene rings is 1. The van der Waals surface area contributed by atoms with Crippen molar-refractivity contribution >= 4 is 17.4 Å². The molecule has 0 atom stereocenters. The molecule has 2 aromatic rings. The van der Waals surface area contributed by atoms with Crippen LogP contribution in [0.3, 0.4) is 0 Å². The van der Waals surface area contributed by atoms with E-state index in [-0.39, 0.29) is 23.3 Å². The molecule has 2 heterocycles. The first-order valence-electron chi connectivity index (χ1n) is 11.4. The number of carbonyl (C=O) groups is 1. The maximum Gasteiger partial charge on any atom is 0.346 e. The van der Waals surface area contributed by atoms with Crippen molar-refractivity contribution in [1.82, 2.24) is 25.0 Å². The lowest BCUT2D eigenvalue weighted by molar-refractivity contribution is -0.0135. The minimum atomic E-state index is -0.0925. The van der Waals surface area contributed by atoms with Crippen LogP contribution < -0.4 is 16.3 Å². The lowest BCUT2D eigenvalue weighted by atomic mass is 9.53. The van der Waals surface area contributed by atoms with Crippen LogP contribution in [0.4, 0.5) is 4.79 Å². The molecule has 2 amide bonds. The van der Waals surface area contributed by atoms with Crippen LogP contribution in [0.25, 0.3) is 10.7 Å². The van der Waals surface area contributed by atoms with Gasteiger partial charge in [-0.1, -0.05) is 6.07 Å². The van der Waals surface area contributed by atoms with Gasteiger partial charge in [-0.2, -0.15) is 0 Å². The fraction of sp³-hybridized carbons (Fsp3) is 0.682. The Morgan fingerprint density at radius 2 is 1.87 bits per heavy atom. The summed E-state index contributed by atoms with van der Waals surface area (Å²) in [5, 5.41) is 12.9. The normalized spacial score (nSPS) is 31.8. The van der Waals surface area contributed by atoms with Gasteiger partial charge in [0.25, 0.3) is 0 Å². The second-order valence-electron chi connectivity index (χ2n) is 9.99. The van der Waals surface area contributed by atoms with Gasteiger partial charge >= 0.3 is 11.7 Å². The first kappa shape index (κ1) is 18.7. The molecule has 30 heavy (non-hydrogen) atoms. The zero-order valence-corrected chi connectivity index (χ0v) is 18.0. The lowest BCUT2D eigenvalue weighted by Gasteiger charge is -2.56. The molecular formula is C22H29N5O2S. The number of amides is 2. The summed E-state index contributed by atoms with van der Waals surface area (Å²) >= 11 is 1.60. The van der Waals surface area contributed by atoms with Crippen LogP contribution in [0.1, 0.15) is 57.4 Å². The van der Waals surface area contributed by atoms with Gasteiger partial charge in [0.15, 0.2) is 5.82 Å². The number of nitrogens with zero attached hydrogens (tertiary/aromatic N) is 3. The summed E-state index contributed by atoms with van der Waals surface area (Å²) in [4.78, 5) is 26.5. The fourth-order valence-corrected chi connectivity index (χ4v) is 7.33. The van der Waals surface area contributed by atoms with E-state index < -0.39 is 0 Å². The molecular weight excluding hydrogens is 398 g/mol. The summed E-state index contributed by atoms with van der Waals surface area (Å²) in [7, 11) is 0. The van der Waals surface area contributed by atoms with Crippen molar-refractivity contribution in [3.05, 3.63) is 28.0 Å². The monoisotopic (exact) mass is 427 g/mol. The van der Waals surface area contributed by atoms with Gasteiger partial charge in [0.1, 0.15) is 0 Å². The third kappa shape index (κ3) is 3.29. The number of carbonyl (C=O) groups excluding carboxylic acids is 1. The maximum absolute atomic E-state index is 12.9. The van der Waals surface area contributed by atoms with Crippen molar-refractivity contribution in [2.75, 3.05) is 6.54 Å². The highest BCUT2D eigenvalue weighted by Crippen LogP contribution is 2.55. The number of aromatic nitrogens is 3. The highest BCUT2D eigenvalue weighted by molar-refractivity contribution is 7.13. The predicted molar refractivity (Wildman–Crippen MR) is 116 cm³/mol. The molecule has 0 radical (unpaired) electrons. The number of hydrogen-bond donors (Lipinski definition) is 2. The fourth-order valence-electron chi connectivity index (χ4n) is 6.63. The van der Waals surface area contributed by atoms with Crippen molar-refractivity contribution in [2.24, 2.45) is 17.8 Å². The highest BCUT2D eigenvalue weighted by atomic mass is 32.1. The quantitative estimate of drug-likeness (QED) is 0.742. The number of hydrogen-bond acceptors (Lipinski definition) is 4. The molecule has 2 aromatic heterocycles. The van der Waals surface area contributed by atoms with Crippen LogP contribution in [0.5, 0.6) is 0 Å². The van der Waals surface area contributed by atoms with Crippen molar-refractivity contribution < 1.29 is 4.79 Å². The van der Waals surface area contributed by atoms with Gasteiger partial charge < -0.3 is 10.6 Å². The van der Waals surface area contributed by atoms with E-state index in [0.29, 0.717) is 13.1 Å². The van der Waals surface area contributed by atoms with E-state index in [4.69, 9.17) is 0 Å². The predicted octanol–water partition coefficient (Wildman–Crippen LogP) is 3.38.